The molecule has 1 radical (unpaired) electrons. The molecule has 185 valence electrons. The normalized spacial score (nSPS) is 12.8. The maximum Gasteiger partial charge on any atom is 0.303 e. The van der Waals surface area contributed by atoms with Crippen LogP contribution < -0.4 is 0 Å². The van der Waals surface area contributed by atoms with E-state index in [0.717, 1.165) is 27.8 Å². The van der Waals surface area contributed by atoms with Gasteiger partial charge in [0.1, 0.15) is 0 Å². The van der Waals surface area contributed by atoms with Gasteiger partial charge in [0, 0.05) is 18.1 Å². The second-order valence-electron chi connectivity index (χ2n) is 11.0. The van der Waals surface area contributed by atoms with Crippen molar-refractivity contribution in [1.29, 1.82) is 0 Å². The van der Waals surface area contributed by atoms with E-state index in [1.54, 1.807) is 0 Å². The van der Waals surface area contributed by atoms with Crippen LogP contribution >= 0.6 is 0 Å². The van der Waals surface area contributed by atoms with E-state index in [0.29, 0.717) is 17.4 Å². The minimum absolute atomic E-state index is 0.119. The molecule has 1 atom stereocenters. The molecule has 0 spiro atoms. The first kappa shape index (κ1) is 27.8. The smallest absolute Gasteiger partial charge is 0.303 e. The van der Waals surface area contributed by atoms with Gasteiger partial charge in [0.05, 0.1) is 0 Å². The first-order chi connectivity index (χ1) is 15.8. The maximum atomic E-state index is 14.2. The van der Waals surface area contributed by atoms with Crippen LogP contribution in [0, 0.1) is 6.07 Å². The Kier molecular flexibility index (Phi) is 9.28. The first-order valence-corrected chi connectivity index (χ1v) is 12.7. The molecule has 0 fully saturated rings. The van der Waals surface area contributed by atoms with Gasteiger partial charge in [-0.25, -0.2) is 0 Å². The number of ketones is 1. The van der Waals surface area contributed by atoms with Crippen molar-refractivity contribution in [1.82, 2.24) is 0 Å². The minimum Gasteiger partial charge on any atom is -0.449 e. The number of ether oxygens (including phenoxy) is 1. The van der Waals surface area contributed by atoms with Gasteiger partial charge in [-0.15, -0.1) is 0 Å². The van der Waals surface area contributed by atoms with E-state index < -0.39 is 12.1 Å². The molecule has 0 aliphatic rings. The minimum atomic E-state index is -0.982. The Bertz CT molecular complexity index is 996. The summed E-state index contributed by atoms with van der Waals surface area (Å²) in [5.74, 6) is 0.518. The van der Waals surface area contributed by atoms with E-state index >= 15 is 0 Å². The number of benzene rings is 2. The van der Waals surface area contributed by atoms with Gasteiger partial charge in [-0.3, -0.25) is 9.59 Å². The van der Waals surface area contributed by atoms with Gasteiger partial charge >= 0.3 is 5.97 Å². The molecule has 0 aromatic heterocycles. The second-order valence-corrected chi connectivity index (χ2v) is 11.0. The molecule has 0 bridgehead atoms. The summed E-state index contributed by atoms with van der Waals surface area (Å²) in [4.78, 5) is 26.4. The molecule has 2 aromatic rings. The van der Waals surface area contributed by atoms with Crippen LogP contribution in [0.3, 0.4) is 0 Å². The standard InChI is InChI=1S/C31H43O3/c1-17(2)23-12-13-25(26(14-23)19(5)6)30(33)31(34-22(11)32)29-27(20(7)8)15-24(18(3)4)16-28(29)21(9)10/h12-13,15-21,31H,1-11H3. The van der Waals surface area contributed by atoms with Crippen molar-refractivity contribution in [3.05, 3.63) is 69.3 Å². The summed E-state index contributed by atoms with van der Waals surface area (Å²) in [5, 5.41) is 0. The molecule has 1 unspecified atom stereocenters. The highest BCUT2D eigenvalue weighted by atomic mass is 16.5. The fourth-order valence-electron chi connectivity index (χ4n) is 4.40. The number of carbonyl (C=O) groups excluding carboxylic acids is 2. The van der Waals surface area contributed by atoms with E-state index in [4.69, 9.17) is 4.74 Å². The van der Waals surface area contributed by atoms with Crippen molar-refractivity contribution in [3.8, 4) is 0 Å². The summed E-state index contributed by atoms with van der Waals surface area (Å²) in [6, 6.07) is 11.7. The lowest BCUT2D eigenvalue weighted by Gasteiger charge is -2.28. The van der Waals surface area contributed by atoms with Crippen molar-refractivity contribution < 1.29 is 14.3 Å². The zero-order valence-electron chi connectivity index (χ0n) is 23.0. The van der Waals surface area contributed by atoms with Crippen LogP contribution in [0.25, 0.3) is 0 Å². The van der Waals surface area contributed by atoms with Crippen molar-refractivity contribution >= 4 is 11.8 Å². The topological polar surface area (TPSA) is 43.4 Å². The predicted molar refractivity (Wildman–Crippen MR) is 141 cm³/mol. The van der Waals surface area contributed by atoms with Gasteiger partial charge in [-0.05, 0) is 63.5 Å². The number of hydrogen-bond donors (Lipinski definition) is 0. The zero-order valence-corrected chi connectivity index (χ0v) is 23.0. The molecule has 0 amide bonds. The Labute approximate surface area is 207 Å². The number of esters is 1. The summed E-state index contributed by atoms with van der Waals surface area (Å²) in [6.45, 7) is 22.7. The molecule has 0 aliphatic carbocycles. The number of rotatable bonds is 9. The van der Waals surface area contributed by atoms with Gasteiger partial charge in [0.25, 0.3) is 0 Å². The van der Waals surface area contributed by atoms with Crippen LogP contribution in [0.5, 0.6) is 0 Å². The largest absolute Gasteiger partial charge is 0.449 e. The summed E-state index contributed by atoms with van der Waals surface area (Å²) in [5.41, 5.74) is 6.77. The Morgan fingerprint density at radius 1 is 0.735 bits per heavy atom. The van der Waals surface area contributed by atoms with Crippen LogP contribution in [0.4, 0.5) is 0 Å². The van der Waals surface area contributed by atoms with Gasteiger partial charge in [-0.2, -0.15) is 0 Å². The predicted octanol–water partition coefficient (Wildman–Crippen LogP) is 8.59. The Hall–Kier alpha value is -2.42. The molecule has 34 heavy (non-hydrogen) atoms. The van der Waals surface area contributed by atoms with Crippen molar-refractivity contribution in [2.75, 3.05) is 0 Å². The number of hydrogen-bond acceptors (Lipinski definition) is 3. The van der Waals surface area contributed by atoms with Crippen molar-refractivity contribution in [2.45, 2.75) is 112 Å². The summed E-state index contributed by atoms with van der Waals surface area (Å²) < 4.78 is 5.84. The van der Waals surface area contributed by atoms with Crippen LogP contribution in [-0.2, 0) is 9.53 Å². The van der Waals surface area contributed by atoms with E-state index in [1.807, 2.05) is 12.1 Å². The molecule has 0 heterocycles. The molecule has 3 nitrogen and oxygen atoms in total. The molecule has 0 N–H and O–H groups in total. The molecule has 0 saturated carbocycles. The average molecular weight is 464 g/mol. The summed E-state index contributed by atoms with van der Waals surface area (Å²) in [7, 11) is 0. The van der Waals surface area contributed by atoms with E-state index in [1.165, 1.54) is 12.5 Å². The lowest BCUT2D eigenvalue weighted by atomic mass is 9.80. The third-order valence-electron chi connectivity index (χ3n) is 6.42. The molecule has 3 heteroatoms. The van der Waals surface area contributed by atoms with Crippen LogP contribution in [0.2, 0.25) is 0 Å². The number of Topliss-reactive ketones (excluding diaryl/α,β-unsaturated/α-hetero) is 1. The van der Waals surface area contributed by atoms with Crippen LogP contribution in [0.15, 0.2) is 24.3 Å². The third-order valence-corrected chi connectivity index (χ3v) is 6.42. The van der Waals surface area contributed by atoms with E-state index in [9.17, 15) is 9.59 Å². The average Bonchev–Trinajstić information content (AvgIpc) is 2.75. The van der Waals surface area contributed by atoms with Crippen molar-refractivity contribution in [2.24, 2.45) is 0 Å². The van der Waals surface area contributed by atoms with E-state index in [-0.39, 0.29) is 23.5 Å². The Morgan fingerprint density at radius 2 is 1.26 bits per heavy atom. The monoisotopic (exact) mass is 463 g/mol. The summed E-state index contributed by atoms with van der Waals surface area (Å²) >= 11 is 0. The zero-order chi connectivity index (χ0) is 25.9. The highest BCUT2D eigenvalue weighted by Crippen LogP contribution is 2.39. The number of carbonyl (C=O) groups is 2. The molecule has 2 rings (SSSR count). The fraction of sp³-hybridized carbons (Fsp3) is 0.548. The molecule has 2 aromatic carbocycles. The second kappa shape index (κ2) is 11.3. The van der Waals surface area contributed by atoms with Gasteiger partial charge in [0.2, 0.25) is 5.78 Å². The van der Waals surface area contributed by atoms with Crippen LogP contribution in [0.1, 0.15) is 156 Å². The quantitative estimate of drug-likeness (QED) is 0.276. The van der Waals surface area contributed by atoms with Gasteiger partial charge in [0.15, 0.2) is 6.10 Å². The highest BCUT2D eigenvalue weighted by molar-refractivity contribution is 6.02. The molecular weight excluding hydrogens is 420 g/mol. The molecule has 0 aliphatic heterocycles. The Balaban J connectivity index is 2.84. The third kappa shape index (κ3) is 6.17. The first-order valence-electron chi connectivity index (χ1n) is 12.7. The summed E-state index contributed by atoms with van der Waals surface area (Å²) in [6.07, 6.45) is -0.982. The highest BCUT2D eigenvalue weighted by Gasteiger charge is 2.33. The van der Waals surface area contributed by atoms with E-state index in [2.05, 4.69) is 87.4 Å². The van der Waals surface area contributed by atoms with Crippen LogP contribution in [-0.4, -0.2) is 11.8 Å². The van der Waals surface area contributed by atoms with Crippen molar-refractivity contribution in [3.63, 3.8) is 0 Å². The van der Waals surface area contributed by atoms with Gasteiger partial charge in [-0.1, -0.05) is 93.5 Å². The SMILES string of the molecule is CC(=O)OC(C(=O)c1ccc(C(C)C)[c]c1C(C)C)c1c(C(C)C)cc(C(C)C)cc1C(C)C. The lowest BCUT2D eigenvalue weighted by molar-refractivity contribution is -0.144. The fourth-order valence-corrected chi connectivity index (χ4v) is 4.40. The Morgan fingerprint density at radius 3 is 1.65 bits per heavy atom. The molecule has 0 saturated heterocycles. The molecular formula is C31H43O3. The lowest BCUT2D eigenvalue weighted by Crippen LogP contribution is -2.24. The van der Waals surface area contributed by atoms with Gasteiger partial charge < -0.3 is 4.74 Å². The maximum absolute atomic E-state index is 14.2.